The number of rotatable bonds is 5. The standard InChI is InChI=1S/C19H19ClN4O3S2/c20-14-2-1-3-15(12-14)23-8-10-24(11-9-23)29(25,26)17-7-6-16(28-17)19-22-21-18(27-19)13-4-5-13/h1-3,6-7,12-13H,4-5,8-11H2. The van der Waals surface area contributed by atoms with Gasteiger partial charge in [0.25, 0.3) is 15.9 Å². The van der Waals surface area contributed by atoms with Crippen molar-refractivity contribution in [2.24, 2.45) is 0 Å². The zero-order valence-electron chi connectivity index (χ0n) is 15.5. The predicted octanol–water partition coefficient (Wildman–Crippen LogP) is 3.84. The Bertz CT molecular complexity index is 1130. The molecule has 0 spiro atoms. The van der Waals surface area contributed by atoms with Crippen molar-refractivity contribution in [1.82, 2.24) is 14.5 Å². The van der Waals surface area contributed by atoms with Crippen LogP contribution < -0.4 is 4.90 Å². The van der Waals surface area contributed by atoms with Gasteiger partial charge in [-0.3, -0.25) is 0 Å². The first kappa shape index (κ1) is 19.0. The average Bonchev–Trinajstić information content (AvgIpc) is 3.25. The molecule has 1 aliphatic heterocycles. The normalized spacial score (nSPS) is 18.3. The van der Waals surface area contributed by atoms with Gasteiger partial charge in [-0.15, -0.1) is 21.5 Å². The topological polar surface area (TPSA) is 79.5 Å². The largest absolute Gasteiger partial charge is 0.420 e. The summed E-state index contributed by atoms with van der Waals surface area (Å²) in [5.41, 5.74) is 1.01. The van der Waals surface area contributed by atoms with Crippen molar-refractivity contribution in [2.45, 2.75) is 23.0 Å². The molecule has 0 atom stereocenters. The molecule has 2 fully saturated rings. The van der Waals surface area contributed by atoms with E-state index in [9.17, 15) is 8.42 Å². The average molecular weight is 451 g/mol. The van der Waals surface area contributed by atoms with E-state index in [2.05, 4.69) is 15.1 Å². The molecular weight excluding hydrogens is 432 g/mol. The highest BCUT2D eigenvalue weighted by Gasteiger charge is 2.32. The molecule has 1 saturated carbocycles. The highest BCUT2D eigenvalue weighted by Crippen LogP contribution is 2.41. The van der Waals surface area contributed by atoms with E-state index >= 15 is 0 Å². The Hall–Kier alpha value is -1.94. The van der Waals surface area contributed by atoms with Crippen LogP contribution in [-0.4, -0.2) is 49.1 Å². The van der Waals surface area contributed by atoms with Gasteiger partial charge < -0.3 is 9.32 Å². The first-order valence-corrected chi connectivity index (χ1v) is 12.1. The van der Waals surface area contributed by atoms with Crippen molar-refractivity contribution in [3.8, 4) is 10.8 Å². The number of sulfonamides is 1. The third-order valence-corrected chi connectivity index (χ3v) is 8.84. The Morgan fingerprint density at radius 1 is 1.07 bits per heavy atom. The van der Waals surface area contributed by atoms with E-state index in [0.29, 0.717) is 58.0 Å². The molecule has 3 aromatic rings. The molecule has 10 heteroatoms. The fraction of sp³-hybridized carbons (Fsp3) is 0.368. The molecule has 0 unspecified atom stereocenters. The number of thiophene rings is 1. The lowest BCUT2D eigenvalue weighted by Gasteiger charge is -2.35. The predicted molar refractivity (Wildman–Crippen MR) is 112 cm³/mol. The molecule has 1 aromatic carbocycles. The second-order valence-corrected chi connectivity index (χ2v) is 10.9. The van der Waals surface area contributed by atoms with Crippen LogP contribution in [-0.2, 0) is 10.0 Å². The number of anilines is 1. The van der Waals surface area contributed by atoms with E-state index in [1.165, 1.54) is 15.6 Å². The van der Waals surface area contributed by atoms with E-state index in [4.69, 9.17) is 16.0 Å². The van der Waals surface area contributed by atoms with Crippen LogP contribution in [0, 0.1) is 0 Å². The minimum atomic E-state index is -3.55. The van der Waals surface area contributed by atoms with Crippen molar-refractivity contribution in [3.63, 3.8) is 0 Å². The summed E-state index contributed by atoms with van der Waals surface area (Å²) in [6, 6.07) is 11.0. The smallest absolute Gasteiger partial charge is 0.257 e. The van der Waals surface area contributed by atoms with Crippen molar-refractivity contribution in [3.05, 3.63) is 47.3 Å². The maximum atomic E-state index is 13.1. The van der Waals surface area contributed by atoms with Gasteiger partial charge in [-0.1, -0.05) is 17.7 Å². The van der Waals surface area contributed by atoms with Crippen LogP contribution in [0.2, 0.25) is 5.02 Å². The summed E-state index contributed by atoms with van der Waals surface area (Å²) in [4.78, 5) is 2.83. The molecule has 7 nitrogen and oxygen atoms in total. The molecule has 0 N–H and O–H groups in total. The Morgan fingerprint density at radius 3 is 2.59 bits per heavy atom. The molecule has 0 amide bonds. The Morgan fingerprint density at radius 2 is 1.86 bits per heavy atom. The van der Waals surface area contributed by atoms with Crippen molar-refractivity contribution in [1.29, 1.82) is 0 Å². The second-order valence-electron chi connectivity index (χ2n) is 7.21. The maximum absolute atomic E-state index is 13.1. The molecular formula is C19H19ClN4O3S2. The summed E-state index contributed by atoms with van der Waals surface area (Å²) in [6.45, 7) is 2.08. The number of hydrogen-bond acceptors (Lipinski definition) is 7. The Kier molecular flexibility index (Phi) is 4.85. The van der Waals surface area contributed by atoms with Gasteiger partial charge in [0.1, 0.15) is 4.21 Å². The number of piperazine rings is 1. The first-order chi connectivity index (χ1) is 14.0. The van der Waals surface area contributed by atoms with Gasteiger partial charge >= 0.3 is 0 Å². The highest BCUT2D eigenvalue weighted by molar-refractivity contribution is 7.91. The highest BCUT2D eigenvalue weighted by atomic mass is 35.5. The number of benzene rings is 1. The van der Waals surface area contributed by atoms with E-state index in [1.54, 1.807) is 12.1 Å². The molecule has 2 aliphatic rings. The maximum Gasteiger partial charge on any atom is 0.257 e. The molecule has 5 rings (SSSR count). The summed E-state index contributed by atoms with van der Waals surface area (Å²) in [7, 11) is -3.55. The third-order valence-electron chi connectivity index (χ3n) is 5.17. The fourth-order valence-electron chi connectivity index (χ4n) is 3.39. The summed E-state index contributed by atoms with van der Waals surface area (Å²) in [6.07, 6.45) is 2.15. The van der Waals surface area contributed by atoms with E-state index in [0.717, 1.165) is 18.5 Å². The van der Waals surface area contributed by atoms with Gasteiger partial charge in [0.05, 0.1) is 4.88 Å². The molecule has 1 aliphatic carbocycles. The van der Waals surface area contributed by atoms with Crippen molar-refractivity contribution < 1.29 is 12.8 Å². The van der Waals surface area contributed by atoms with E-state index < -0.39 is 10.0 Å². The summed E-state index contributed by atoms with van der Waals surface area (Å²) < 4.78 is 33.7. The third kappa shape index (κ3) is 3.79. The van der Waals surface area contributed by atoms with Crippen LogP contribution in [0.25, 0.3) is 10.8 Å². The van der Waals surface area contributed by atoms with Crippen LogP contribution in [0.3, 0.4) is 0 Å². The van der Waals surface area contributed by atoms with E-state index in [-0.39, 0.29) is 0 Å². The van der Waals surface area contributed by atoms with Crippen molar-refractivity contribution in [2.75, 3.05) is 31.1 Å². The number of aromatic nitrogens is 2. The van der Waals surface area contributed by atoms with Gasteiger partial charge in [0, 0.05) is 42.8 Å². The van der Waals surface area contributed by atoms with Crippen LogP contribution in [0.5, 0.6) is 0 Å². The van der Waals surface area contributed by atoms with Gasteiger partial charge in [0.15, 0.2) is 0 Å². The van der Waals surface area contributed by atoms with Crippen molar-refractivity contribution >= 4 is 38.6 Å². The molecule has 2 aromatic heterocycles. The van der Waals surface area contributed by atoms with Gasteiger partial charge in [0.2, 0.25) is 5.89 Å². The quantitative estimate of drug-likeness (QED) is 0.587. The summed E-state index contributed by atoms with van der Waals surface area (Å²) in [5.74, 6) is 1.41. The minimum absolute atomic E-state index is 0.301. The SMILES string of the molecule is O=S(=O)(c1ccc(-c2nnc(C3CC3)o2)s1)N1CCN(c2cccc(Cl)c2)CC1. The zero-order chi connectivity index (χ0) is 20.0. The molecule has 3 heterocycles. The number of hydrogen-bond donors (Lipinski definition) is 0. The molecule has 29 heavy (non-hydrogen) atoms. The van der Waals surface area contributed by atoms with Gasteiger partial charge in [-0.05, 0) is 43.2 Å². The summed E-state index contributed by atoms with van der Waals surface area (Å²) >= 11 is 7.25. The van der Waals surface area contributed by atoms with E-state index in [1.807, 2.05) is 24.3 Å². The van der Waals surface area contributed by atoms with Gasteiger partial charge in [-0.25, -0.2) is 8.42 Å². The first-order valence-electron chi connectivity index (χ1n) is 9.45. The lowest BCUT2D eigenvalue weighted by molar-refractivity contribution is 0.386. The van der Waals surface area contributed by atoms with Crippen LogP contribution in [0.15, 0.2) is 45.0 Å². The molecule has 0 radical (unpaired) electrons. The fourth-order valence-corrected chi connectivity index (χ4v) is 6.38. The van der Waals surface area contributed by atoms with Crippen LogP contribution in [0.1, 0.15) is 24.7 Å². The molecule has 0 bridgehead atoms. The second kappa shape index (κ2) is 7.39. The minimum Gasteiger partial charge on any atom is -0.420 e. The molecule has 1 saturated heterocycles. The zero-order valence-corrected chi connectivity index (χ0v) is 17.9. The van der Waals surface area contributed by atoms with Gasteiger partial charge in [-0.2, -0.15) is 4.31 Å². The number of nitrogens with zero attached hydrogens (tertiary/aromatic N) is 4. The lowest BCUT2D eigenvalue weighted by atomic mass is 10.2. The summed E-state index contributed by atoms with van der Waals surface area (Å²) in [5, 5.41) is 8.82. The monoisotopic (exact) mass is 450 g/mol. The lowest BCUT2D eigenvalue weighted by Crippen LogP contribution is -2.48. The molecule has 152 valence electrons. The Labute approximate surface area is 178 Å². The Balaban J connectivity index is 1.29. The van der Waals surface area contributed by atoms with Crippen LogP contribution >= 0.6 is 22.9 Å². The number of halogens is 1. The van der Waals surface area contributed by atoms with Crippen LogP contribution in [0.4, 0.5) is 5.69 Å².